The number of nitrogens with zero attached hydrogens (tertiary/aromatic N) is 2. The number of hydrogen-bond donors (Lipinski definition) is 1. The average Bonchev–Trinajstić information content (AvgIpc) is 2.72. The van der Waals surface area contributed by atoms with E-state index in [-0.39, 0.29) is 18.1 Å². The maximum absolute atomic E-state index is 11.4. The van der Waals surface area contributed by atoms with Gasteiger partial charge in [0.15, 0.2) is 10.8 Å². The first-order valence-electron chi connectivity index (χ1n) is 5.26. The van der Waals surface area contributed by atoms with Crippen LogP contribution in [-0.2, 0) is 9.53 Å². The number of thiazole rings is 1. The van der Waals surface area contributed by atoms with Crippen LogP contribution in [0.25, 0.3) is 0 Å². The normalized spacial score (nSPS) is 16.3. The third-order valence-electron chi connectivity index (χ3n) is 2.42. The van der Waals surface area contributed by atoms with Crippen molar-refractivity contribution in [2.75, 3.05) is 31.6 Å². The molecular formula is C10H13N3O3S. The molecule has 17 heavy (non-hydrogen) atoms. The lowest BCUT2D eigenvalue weighted by Gasteiger charge is -2.16. The van der Waals surface area contributed by atoms with E-state index < -0.39 is 5.97 Å². The van der Waals surface area contributed by atoms with Crippen LogP contribution in [0.3, 0.4) is 0 Å². The third-order valence-corrected chi connectivity index (χ3v) is 3.32. The van der Waals surface area contributed by atoms with Gasteiger partial charge in [-0.25, -0.2) is 9.78 Å². The van der Waals surface area contributed by atoms with Crippen molar-refractivity contribution in [3.63, 3.8) is 0 Å². The predicted octanol–water partition coefficient (Wildman–Crippen LogP) is 0.256. The number of rotatable bonds is 2. The van der Waals surface area contributed by atoms with E-state index in [0.29, 0.717) is 11.7 Å². The fourth-order valence-electron chi connectivity index (χ4n) is 1.58. The van der Waals surface area contributed by atoms with E-state index in [9.17, 15) is 9.59 Å². The fourth-order valence-corrected chi connectivity index (χ4v) is 2.40. The Balaban J connectivity index is 2.13. The molecule has 1 saturated heterocycles. The highest BCUT2D eigenvalue weighted by Crippen LogP contribution is 2.21. The molecule has 0 atom stereocenters. The zero-order chi connectivity index (χ0) is 12.3. The van der Waals surface area contributed by atoms with Gasteiger partial charge in [0.05, 0.1) is 13.7 Å². The van der Waals surface area contributed by atoms with Crippen LogP contribution >= 0.6 is 11.3 Å². The van der Waals surface area contributed by atoms with Crippen molar-refractivity contribution < 1.29 is 14.3 Å². The summed E-state index contributed by atoms with van der Waals surface area (Å²) in [6, 6.07) is 0. The van der Waals surface area contributed by atoms with Gasteiger partial charge >= 0.3 is 5.97 Å². The maximum Gasteiger partial charge on any atom is 0.357 e. The first kappa shape index (κ1) is 11.8. The van der Waals surface area contributed by atoms with Gasteiger partial charge in [0, 0.05) is 18.5 Å². The van der Waals surface area contributed by atoms with Gasteiger partial charge in [-0.15, -0.1) is 11.3 Å². The van der Waals surface area contributed by atoms with Crippen molar-refractivity contribution in [3.05, 3.63) is 11.1 Å². The van der Waals surface area contributed by atoms with Crippen LogP contribution in [0.15, 0.2) is 5.38 Å². The number of aromatic nitrogens is 1. The van der Waals surface area contributed by atoms with E-state index >= 15 is 0 Å². The summed E-state index contributed by atoms with van der Waals surface area (Å²) in [6.07, 6.45) is 0.874. The Hall–Kier alpha value is -1.63. The molecule has 0 aromatic carbocycles. The molecule has 1 aliphatic heterocycles. The Kier molecular flexibility index (Phi) is 3.58. The highest BCUT2D eigenvalue weighted by atomic mass is 32.1. The Morgan fingerprint density at radius 3 is 3.24 bits per heavy atom. The summed E-state index contributed by atoms with van der Waals surface area (Å²) in [5.41, 5.74) is 0.289. The molecule has 2 heterocycles. The zero-order valence-corrected chi connectivity index (χ0v) is 10.2. The van der Waals surface area contributed by atoms with Crippen LogP contribution < -0.4 is 10.2 Å². The molecule has 0 radical (unpaired) electrons. The Morgan fingerprint density at radius 1 is 1.65 bits per heavy atom. The van der Waals surface area contributed by atoms with E-state index in [2.05, 4.69) is 15.0 Å². The summed E-state index contributed by atoms with van der Waals surface area (Å²) < 4.78 is 4.59. The van der Waals surface area contributed by atoms with Crippen LogP contribution in [0.1, 0.15) is 16.9 Å². The molecule has 0 aliphatic carbocycles. The van der Waals surface area contributed by atoms with E-state index in [1.807, 2.05) is 4.90 Å². The molecule has 7 heteroatoms. The van der Waals surface area contributed by atoms with Gasteiger partial charge < -0.3 is 15.0 Å². The van der Waals surface area contributed by atoms with Crippen molar-refractivity contribution >= 4 is 28.3 Å². The molecule has 0 bridgehead atoms. The van der Waals surface area contributed by atoms with Crippen molar-refractivity contribution in [3.8, 4) is 0 Å². The molecule has 1 aromatic heterocycles. The summed E-state index contributed by atoms with van der Waals surface area (Å²) in [4.78, 5) is 28.7. The standard InChI is InChI=1S/C10H13N3O3S/c1-16-9(15)7-6-17-10(12-7)13-4-2-3-11-8(14)5-13/h6H,2-5H2,1H3,(H,11,14). The number of carbonyl (C=O) groups is 2. The monoisotopic (exact) mass is 255 g/mol. The molecule has 2 rings (SSSR count). The van der Waals surface area contributed by atoms with Gasteiger partial charge in [0.1, 0.15) is 0 Å². The Labute approximate surface area is 103 Å². The quantitative estimate of drug-likeness (QED) is 0.767. The molecule has 1 aromatic rings. The predicted molar refractivity (Wildman–Crippen MR) is 63.3 cm³/mol. The first-order valence-corrected chi connectivity index (χ1v) is 6.14. The van der Waals surface area contributed by atoms with Crippen molar-refractivity contribution in [2.45, 2.75) is 6.42 Å². The number of carbonyl (C=O) groups excluding carboxylic acids is 2. The summed E-state index contributed by atoms with van der Waals surface area (Å²) in [5.74, 6) is -0.468. The van der Waals surface area contributed by atoms with E-state index in [1.54, 1.807) is 5.38 Å². The SMILES string of the molecule is COC(=O)c1csc(N2CCCNC(=O)C2)n1. The van der Waals surface area contributed by atoms with E-state index in [4.69, 9.17) is 0 Å². The lowest BCUT2D eigenvalue weighted by Crippen LogP contribution is -2.33. The molecule has 6 nitrogen and oxygen atoms in total. The van der Waals surface area contributed by atoms with Gasteiger partial charge in [-0.05, 0) is 6.42 Å². The highest BCUT2D eigenvalue weighted by Gasteiger charge is 2.19. The van der Waals surface area contributed by atoms with Crippen molar-refractivity contribution in [1.29, 1.82) is 0 Å². The molecule has 0 spiro atoms. The highest BCUT2D eigenvalue weighted by molar-refractivity contribution is 7.13. The second-order valence-corrected chi connectivity index (χ2v) is 4.47. The molecule has 0 saturated carbocycles. The summed E-state index contributed by atoms with van der Waals surface area (Å²) in [5, 5.41) is 5.12. The lowest BCUT2D eigenvalue weighted by atomic mass is 10.4. The summed E-state index contributed by atoms with van der Waals surface area (Å²) in [6.45, 7) is 1.73. The first-order chi connectivity index (χ1) is 8.20. The Morgan fingerprint density at radius 2 is 2.47 bits per heavy atom. The molecule has 92 valence electrons. The largest absolute Gasteiger partial charge is 0.464 e. The second kappa shape index (κ2) is 5.13. The summed E-state index contributed by atoms with van der Waals surface area (Å²) >= 11 is 1.35. The number of amides is 1. The van der Waals surface area contributed by atoms with Crippen LogP contribution in [0, 0.1) is 0 Å². The second-order valence-electron chi connectivity index (χ2n) is 3.63. The van der Waals surface area contributed by atoms with Crippen molar-refractivity contribution in [2.24, 2.45) is 0 Å². The molecule has 1 amide bonds. The van der Waals surface area contributed by atoms with Gasteiger partial charge in [-0.3, -0.25) is 4.79 Å². The molecule has 1 fully saturated rings. The number of hydrogen-bond acceptors (Lipinski definition) is 6. The number of methoxy groups -OCH3 is 1. The van der Waals surface area contributed by atoms with Gasteiger partial charge in [0.2, 0.25) is 5.91 Å². The molecular weight excluding hydrogens is 242 g/mol. The molecule has 1 N–H and O–H groups in total. The number of ether oxygens (including phenoxy) is 1. The summed E-state index contributed by atoms with van der Waals surface area (Å²) in [7, 11) is 1.32. The van der Waals surface area contributed by atoms with E-state index in [0.717, 1.165) is 13.0 Å². The van der Waals surface area contributed by atoms with Gasteiger partial charge in [0.25, 0.3) is 0 Å². The van der Waals surface area contributed by atoms with Crippen LogP contribution in [-0.4, -0.2) is 43.6 Å². The average molecular weight is 255 g/mol. The minimum atomic E-state index is -0.452. The van der Waals surface area contributed by atoms with Crippen molar-refractivity contribution in [1.82, 2.24) is 10.3 Å². The molecule has 1 aliphatic rings. The number of anilines is 1. The minimum Gasteiger partial charge on any atom is -0.464 e. The number of nitrogens with one attached hydrogen (secondary N) is 1. The Bertz CT molecular complexity index is 432. The van der Waals surface area contributed by atoms with Gasteiger partial charge in [-0.1, -0.05) is 0 Å². The third kappa shape index (κ3) is 2.73. The lowest BCUT2D eigenvalue weighted by molar-refractivity contribution is -0.119. The van der Waals surface area contributed by atoms with E-state index in [1.165, 1.54) is 18.4 Å². The van der Waals surface area contributed by atoms with Crippen LogP contribution in [0.2, 0.25) is 0 Å². The smallest absolute Gasteiger partial charge is 0.357 e. The van der Waals surface area contributed by atoms with Crippen LogP contribution in [0.5, 0.6) is 0 Å². The fraction of sp³-hybridized carbons (Fsp3) is 0.500. The van der Waals surface area contributed by atoms with Crippen LogP contribution in [0.4, 0.5) is 5.13 Å². The zero-order valence-electron chi connectivity index (χ0n) is 9.43. The van der Waals surface area contributed by atoms with Gasteiger partial charge in [-0.2, -0.15) is 0 Å². The maximum atomic E-state index is 11.4. The topological polar surface area (TPSA) is 71.5 Å². The molecule has 0 unspecified atom stereocenters. The minimum absolute atomic E-state index is 0.0164. The number of esters is 1.